The maximum absolute atomic E-state index is 13.8. The number of halogens is 2. The van der Waals surface area contributed by atoms with Crippen LogP contribution in [0, 0.1) is 11.6 Å². The fraction of sp³-hybridized carbons (Fsp3) is 0.429. The van der Waals surface area contributed by atoms with Crippen molar-refractivity contribution in [1.82, 2.24) is 4.90 Å². The molecule has 0 saturated carbocycles. The molecule has 1 heterocycles. The van der Waals surface area contributed by atoms with Gasteiger partial charge in [-0.15, -0.1) is 0 Å². The second-order valence-electron chi connectivity index (χ2n) is 5.17. The predicted octanol–water partition coefficient (Wildman–Crippen LogP) is 1.12. The Morgan fingerprint density at radius 3 is 2.38 bits per heavy atom. The number of primary amides is 1. The van der Waals surface area contributed by atoms with Gasteiger partial charge in [0, 0.05) is 32.7 Å². The highest BCUT2D eigenvalue weighted by atomic mass is 19.1. The number of benzene rings is 1. The van der Waals surface area contributed by atoms with Crippen LogP contribution in [0.3, 0.4) is 0 Å². The van der Waals surface area contributed by atoms with Crippen LogP contribution in [0.1, 0.15) is 23.7 Å². The van der Waals surface area contributed by atoms with Gasteiger partial charge in [-0.3, -0.25) is 9.59 Å². The number of amides is 2. The zero-order chi connectivity index (χ0) is 15.7. The number of hydrogen-bond acceptors (Lipinski definition) is 3. The quantitative estimate of drug-likeness (QED) is 0.909. The number of anilines is 1. The summed E-state index contributed by atoms with van der Waals surface area (Å²) in [5.41, 5.74) is 4.55. The lowest BCUT2D eigenvalue weighted by atomic mass is 10.1. The Hall–Kier alpha value is -2.18. The van der Waals surface area contributed by atoms with Crippen molar-refractivity contribution in [1.29, 1.82) is 0 Å². The van der Waals surface area contributed by atoms with Crippen molar-refractivity contribution >= 4 is 17.5 Å². The van der Waals surface area contributed by atoms with E-state index < -0.39 is 23.1 Å². The Bertz CT molecular complexity index is 569. The molecule has 0 radical (unpaired) electrons. The molecule has 2 amide bonds. The summed E-state index contributed by atoms with van der Waals surface area (Å²) in [4.78, 5) is 25.7. The van der Waals surface area contributed by atoms with Crippen molar-refractivity contribution < 1.29 is 18.4 Å². The predicted molar refractivity (Wildman–Crippen MR) is 73.9 cm³/mol. The summed E-state index contributed by atoms with van der Waals surface area (Å²) >= 11 is 0. The summed E-state index contributed by atoms with van der Waals surface area (Å²) in [6.45, 7) is 2.55. The summed E-state index contributed by atoms with van der Waals surface area (Å²) in [7, 11) is 1.70. The Labute approximate surface area is 121 Å². The van der Waals surface area contributed by atoms with E-state index in [0.29, 0.717) is 18.8 Å². The van der Waals surface area contributed by atoms with Crippen LogP contribution < -0.4 is 10.6 Å². The van der Waals surface area contributed by atoms with E-state index in [1.54, 1.807) is 16.8 Å². The number of nitrogens with two attached hydrogens (primary N) is 1. The second-order valence-corrected chi connectivity index (χ2v) is 5.17. The lowest BCUT2D eigenvalue weighted by Crippen LogP contribution is -2.37. The molecule has 1 saturated heterocycles. The first-order valence-corrected chi connectivity index (χ1v) is 6.58. The molecule has 5 nitrogen and oxygen atoms in total. The van der Waals surface area contributed by atoms with Crippen LogP contribution in [0.25, 0.3) is 0 Å². The van der Waals surface area contributed by atoms with Crippen molar-refractivity contribution in [3.05, 3.63) is 29.3 Å². The van der Waals surface area contributed by atoms with Crippen LogP contribution in [-0.4, -0.2) is 42.9 Å². The van der Waals surface area contributed by atoms with Crippen molar-refractivity contribution in [3.63, 3.8) is 0 Å². The van der Waals surface area contributed by atoms with Crippen molar-refractivity contribution in [3.8, 4) is 0 Å². The molecular weight excluding hydrogens is 280 g/mol. The van der Waals surface area contributed by atoms with Gasteiger partial charge in [-0.2, -0.15) is 0 Å². The molecule has 2 rings (SSSR count). The van der Waals surface area contributed by atoms with Crippen LogP contribution in [0.2, 0.25) is 0 Å². The summed E-state index contributed by atoms with van der Waals surface area (Å²) in [5, 5.41) is 0. The third kappa shape index (κ3) is 2.96. The van der Waals surface area contributed by atoms with E-state index in [9.17, 15) is 18.4 Å². The molecular formula is C14H17F2N3O2. The molecule has 0 aliphatic carbocycles. The lowest BCUT2D eigenvalue weighted by Gasteiger charge is -2.24. The minimum Gasteiger partial charge on any atom is -0.369 e. The Morgan fingerprint density at radius 1 is 1.33 bits per heavy atom. The van der Waals surface area contributed by atoms with E-state index in [1.165, 1.54) is 6.92 Å². The van der Waals surface area contributed by atoms with Gasteiger partial charge in [0.05, 0.1) is 6.04 Å². The Kier molecular flexibility index (Phi) is 4.11. The normalized spacial score (nSPS) is 17.9. The van der Waals surface area contributed by atoms with Crippen molar-refractivity contribution in [2.24, 2.45) is 5.73 Å². The van der Waals surface area contributed by atoms with E-state index in [0.717, 1.165) is 18.6 Å². The van der Waals surface area contributed by atoms with Crippen molar-refractivity contribution in [2.75, 3.05) is 25.0 Å². The molecule has 1 aliphatic rings. The van der Waals surface area contributed by atoms with E-state index in [4.69, 9.17) is 5.73 Å². The smallest absolute Gasteiger partial charge is 0.254 e. The first-order valence-electron chi connectivity index (χ1n) is 6.58. The summed E-state index contributed by atoms with van der Waals surface area (Å²) in [6, 6.07) is 2.20. The molecule has 21 heavy (non-hydrogen) atoms. The van der Waals surface area contributed by atoms with Crippen LogP contribution in [0.4, 0.5) is 14.5 Å². The van der Waals surface area contributed by atoms with Gasteiger partial charge in [0.25, 0.3) is 5.91 Å². The number of nitrogens with zero attached hydrogens (tertiary/aromatic N) is 2. The van der Waals surface area contributed by atoms with Gasteiger partial charge >= 0.3 is 0 Å². The SMILES string of the molecule is CC(=O)N(C)C1CCN(c2cc(F)c(C(N)=O)c(F)c2)C1. The Morgan fingerprint density at radius 2 is 1.90 bits per heavy atom. The minimum atomic E-state index is -1.13. The molecule has 0 spiro atoms. The highest BCUT2D eigenvalue weighted by molar-refractivity contribution is 5.93. The van der Waals surface area contributed by atoms with Gasteiger partial charge in [0.1, 0.15) is 17.2 Å². The maximum atomic E-state index is 13.8. The van der Waals surface area contributed by atoms with E-state index in [-0.39, 0.29) is 11.9 Å². The van der Waals surface area contributed by atoms with E-state index >= 15 is 0 Å². The van der Waals surface area contributed by atoms with E-state index in [1.807, 2.05) is 0 Å². The number of carbonyl (C=O) groups excluding carboxylic acids is 2. The highest BCUT2D eigenvalue weighted by Crippen LogP contribution is 2.26. The average Bonchev–Trinajstić information content (AvgIpc) is 2.85. The number of rotatable bonds is 3. The maximum Gasteiger partial charge on any atom is 0.254 e. The minimum absolute atomic E-state index is 0.00411. The number of carbonyl (C=O) groups is 2. The fourth-order valence-electron chi connectivity index (χ4n) is 2.53. The standard InChI is InChI=1S/C14H17F2N3O2/c1-8(20)18(2)9-3-4-19(7-9)10-5-11(15)13(14(17)21)12(16)6-10/h5-6,9H,3-4,7H2,1-2H3,(H2,17,21). The fourth-order valence-corrected chi connectivity index (χ4v) is 2.53. The molecule has 1 aliphatic heterocycles. The molecule has 2 N–H and O–H groups in total. The number of likely N-dealkylation sites (N-methyl/N-ethyl adjacent to an activating group) is 1. The van der Waals surface area contributed by atoms with Gasteiger partial charge < -0.3 is 15.5 Å². The van der Waals surface area contributed by atoms with Crippen molar-refractivity contribution in [2.45, 2.75) is 19.4 Å². The largest absolute Gasteiger partial charge is 0.369 e. The highest BCUT2D eigenvalue weighted by Gasteiger charge is 2.28. The first-order chi connectivity index (χ1) is 9.81. The zero-order valence-electron chi connectivity index (χ0n) is 11.9. The average molecular weight is 297 g/mol. The van der Waals surface area contributed by atoms with Crippen LogP contribution in [0.5, 0.6) is 0 Å². The van der Waals surface area contributed by atoms with Crippen LogP contribution >= 0.6 is 0 Å². The molecule has 1 aromatic carbocycles. The van der Waals surface area contributed by atoms with Gasteiger partial charge in [0.2, 0.25) is 5.91 Å². The van der Waals surface area contributed by atoms with Crippen LogP contribution in [-0.2, 0) is 4.79 Å². The monoisotopic (exact) mass is 297 g/mol. The second kappa shape index (κ2) is 5.67. The molecule has 7 heteroatoms. The van der Waals surface area contributed by atoms with E-state index in [2.05, 4.69) is 0 Å². The van der Waals surface area contributed by atoms with Crippen LogP contribution in [0.15, 0.2) is 12.1 Å². The first kappa shape index (κ1) is 15.2. The summed E-state index contributed by atoms with van der Waals surface area (Å²) < 4.78 is 27.5. The van der Waals surface area contributed by atoms with Gasteiger partial charge in [-0.25, -0.2) is 8.78 Å². The molecule has 1 atom stereocenters. The number of hydrogen-bond donors (Lipinski definition) is 1. The molecule has 0 bridgehead atoms. The van der Waals surface area contributed by atoms with Gasteiger partial charge in [-0.1, -0.05) is 0 Å². The topological polar surface area (TPSA) is 66.6 Å². The Balaban J connectivity index is 2.21. The molecule has 0 aromatic heterocycles. The third-order valence-corrected chi connectivity index (χ3v) is 3.85. The van der Waals surface area contributed by atoms with Gasteiger partial charge in [0.15, 0.2) is 0 Å². The lowest BCUT2D eigenvalue weighted by molar-refractivity contribution is -0.129. The van der Waals surface area contributed by atoms with Gasteiger partial charge in [-0.05, 0) is 18.6 Å². The third-order valence-electron chi connectivity index (χ3n) is 3.85. The zero-order valence-corrected chi connectivity index (χ0v) is 11.9. The summed E-state index contributed by atoms with van der Waals surface area (Å²) in [6.07, 6.45) is 0.719. The molecule has 1 unspecified atom stereocenters. The molecule has 114 valence electrons. The molecule has 1 aromatic rings. The molecule has 1 fully saturated rings. The summed E-state index contributed by atoms with van der Waals surface area (Å²) in [5.74, 6) is -3.13.